The molecular formula is C19H26N2O3S. The molecule has 2 saturated heterocycles. The molecule has 0 bridgehead atoms. The van der Waals surface area contributed by atoms with Crippen LogP contribution in [0.25, 0.3) is 0 Å². The molecule has 136 valence electrons. The Balaban J connectivity index is 1.64. The van der Waals surface area contributed by atoms with Gasteiger partial charge in [0.25, 0.3) is 0 Å². The van der Waals surface area contributed by atoms with Crippen LogP contribution in [0.4, 0.5) is 0 Å². The van der Waals surface area contributed by atoms with Crippen molar-refractivity contribution in [3.05, 3.63) is 35.9 Å². The number of carbonyl (C=O) groups is 1. The van der Waals surface area contributed by atoms with Crippen LogP contribution in [0.3, 0.4) is 0 Å². The molecule has 1 aromatic carbocycles. The number of benzene rings is 1. The summed E-state index contributed by atoms with van der Waals surface area (Å²) in [6.07, 6.45) is 5.58. The summed E-state index contributed by atoms with van der Waals surface area (Å²) in [7, 11) is -3.17. The highest BCUT2D eigenvalue weighted by molar-refractivity contribution is 7.88. The number of nitrogens with zero attached hydrogens (tertiary/aromatic N) is 2. The van der Waals surface area contributed by atoms with Gasteiger partial charge in [0.2, 0.25) is 15.9 Å². The van der Waals surface area contributed by atoms with E-state index < -0.39 is 10.0 Å². The second kappa shape index (κ2) is 6.40. The maximum absolute atomic E-state index is 13.1. The molecule has 1 saturated carbocycles. The predicted molar refractivity (Wildman–Crippen MR) is 96.3 cm³/mol. The fourth-order valence-corrected chi connectivity index (χ4v) is 5.89. The Morgan fingerprint density at radius 3 is 2.36 bits per heavy atom. The van der Waals surface area contributed by atoms with Crippen molar-refractivity contribution in [3.63, 3.8) is 0 Å². The van der Waals surface area contributed by atoms with Gasteiger partial charge in [-0.05, 0) is 24.3 Å². The van der Waals surface area contributed by atoms with Crippen molar-refractivity contribution in [2.45, 2.75) is 31.7 Å². The molecule has 3 fully saturated rings. The van der Waals surface area contributed by atoms with Crippen LogP contribution in [0.1, 0.15) is 37.3 Å². The summed E-state index contributed by atoms with van der Waals surface area (Å²) in [6, 6.07) is 10.1. The van der Waals surface area contributed by atoms with Crippen molar-refractivity contribution in [2.75, 3.05) is 25.9 Å². The number of carbonyl (C=O) groups excluding carboxylic acids is 1. The molecule has 1 aliphatic carbocycles. The quantitative estimate of drug-likeness (QED) is 0.829. The molecule has 0 aromatic heterocycles. The number of amides is 1. The highest BCUT2D eigenvalue weighted by Gasteiger charge is 2.51. The molecule has 5 nitrogen and oxygen atoms in total. The van der Waals surface area contributed by atoms with Gasteiger partial charge in [-0.15, -0.1) is 0 Å². The third kappa shape index (κ3) is 3.10. The van der Waals surface area contributed by atoms with Gasteiger partial charge in [-0.1, -0.05) is 43.2 Å². The summed E-state index contributed by atoms with van der Waals surface area (Å²) < 4.78 is 25.5. The van der Waals surface area contributed by atoms with Gasteiger partial charge in [0.15, 0.2) is 0 Å². The molecule has 3 aliphatic rings. The van der Waals surface area contributed by atoms with Crippen LogP contribution in [0, 0.1) is 17.8 Å². The lowest BCUT2D eigenvalue weighted by molar-refractivity contribution is -0.136. The first-order valence-corrected chi connectivity index (χ1v) is 11.1. The summed E-state index contributed by atoms with van der Waals surface area (Å²) in [5, 5.41) is 0. The van der Waals surface area contributed by atoms with E-state index in [1.54, 1.807) is 4.31 Å². The van der Waals surface area contributed by atoms with Gasteiger partial charge in [-0.3, -0.25) is 4.79 Å². The highest BCUT2D eigenvalue weighted by Crippen LogP contribution is 2.46. The normalized spacial score (nSPS) is 30.8. The van der Waals surface area contributed by atoms with Gasteiger partial charge >= 0.3 is 0 Å². The van der Waals surface area contributed by atoms with Crippen molar-refractivity contribution >= 4 is 15.9 Å². The summed E-state index contributed by atoms with van der Waals surface area (Å²) in [4.78, 5) is 15.2. The second-order valence-electron chi connectivity index (χ2n) is 7.83. The monoisotopic (exact) mass is 362 g/mol. The lowest BCUT2D eigenvalue weighted by atomic mass is 9.89. The SMILES string of the molecule is CS(=O)(=O)N1C[C@H]2CN(C(=O)C3CCCC3)[C@H](c3ccccc3)[C@H]2C1. The molecule has 0 N–H and O–H groups in total. The van der Waals surface area contributed by atoms with Gasteiger partial charge in [0, 0.05) is 31.5 Å². The van der Waals surface area contributed by atoms with E-state index in [4.69, 9.17) is 0 Å². The molecule has 0 unspecified atom stereocenters. The lowest BCUT2D eigenvalue weighted by Gasteiger charge is -2.31. The molecule has 1 amide bonds. The molecule has 0 radical (unpaired) electrons. The molecule has 1 aromatic rings. The van der Waals surface area contributed by atoms with Gasteiger partial charge in [-0.25, -0.2) is 12.7 Å². The first-order chi connectivity index (χ1) is 11.9. The van der Waals surface area contributed by atoms with Crippen LogP contribution >= 0.6 is 0 Å². The first kappa shape index (κ1) is 17.0. The van der Waals surface area contributed by atoms with E-state index in [0.29, 0.717) is 19.6 Å². The standard InChI is InChI=1S/C19H26N2O3S/c1-25(23,24)20-11-16-12-21(19(22)15-9-5-6-10-15)18(17(16)13-20)14-7-3-2-4-8-14/h2-4,7-8,15-18H,5-6,9-13H2,1H3/t16-,17-,18+/m0/s1. The molecule has 3 atom stereocenters. The Morgan fingerprint density at radius 2 is 1.72 bits per heavy atom. The highest BCUT2D eigenvalue weighted by atomic mass is 32.2. The van der Waals surface area contributed by atoms with E-state index in [0.717, 1.165) is 31.2 Å². The van der Waals surface area contributed by atoms with Crippen LogP contribution in [-0.4, -0.2) is 49.4 Å². The third-order valence-corrected chi connectivity index (χ3v) is 7.46. The molecule has 2 heterocycles. The van der Waals surface area contributed by atoms with Crippen LogP contribution in [0.2, 0.25) is 0 Å². The minimum Gasteiger partial charge on any atom is -0.335 e. The van der Waals surface area contributed by atoms with Gasteiger partial charge in [-0.2, -0.15) is 0 Å². The van der Waals surface area contributed by atoms with Crippen molar-refractivity contribution < 1.29 is 13.2 Å². The maximum Gasteiger partial charge on any atom is 0.226 e. The zero-order valence-electron chi connectivity index (χ0n) is 14.7. The average molecular weight is 362 g/mol. The molecule has 4 rings (SSSR count). The van der Waals surface area contributed by atoms with Crippen LogP contribution in [-0.2, 0) is 14.8 Å². The predicted octanol–water partition coefficient (Wildman–Crippen LogP) is 2.27. The summed E-state index contributed by atoms with van der Waals surface area (Å²) in [6.45, 7) is 1.75. The van der Waals surface area contributed by atoms with Gasteiger partial charge in [0.05, 0.1) is 12.3 Å². The van der Waals surface area contributed by atoms with E-state index in [2.05, 4.69) is 17.0 Å². The summed E-state index contributed by atoms with van der Waals surface area (Å²) in [5.41, 5.74) is 1.14. The first-order valence-electron chi connectivity index (χ1n) is 9.25. The maximum atomic E-state index is 13.1. The Hall–Kier alpha value is -1.40. The fourth-order valence-electron chi connectivity index (χ4n) is 4.99. The Morgan fingerprint density at radius 1 is 1.04 bits per heavy atom. The number of hydrogen-bond donors (Lipinski definition) is 0. The van der Waals surface area contributed by atoms with E-state index in [-0.39, 0.29) is 29.7 Å². The van der Waals surface area contributed by atoms with E-state index in [1.165, 1.54) is 6.26 Å². The smallest absolute Gasteiger partial charge is 0.226 e. The number of fused-ring (bicyclic) bond motifs is 1. The van der Waals surface area contributed by atoms with Gasteiger partial charge in [0.1, 0.15) is 0 Å². The summed E-state index contributed by atoms with van der Waals surface area (Å²) in [5.74, 6) is 0.885. The Labute approximate surface area is 150 Å². The minimum absolute atomic E-state index is 0.00560. The molecule has 2 aliphatic heterocycles. The molecule has 25 heavy (non-hydrogen) atoms. The number of rotatable bonds is 3. The van der Waals surface area contributed by atoms with Crippen molar-refractivity contribution in [3.8, 4) is 0 Å². The minimum atomic E-state index is -3.17. The average Bonchev–Trinajstić information content (AvgIpc) is 3.29. The largest absolute Gasteiger partial charge is 0.335 e. The van der Waals surface area contributed by atoms with Crippen molar-refractivity contribution in [2.24, 2.45) is 17.8 Å². The zero-order chi connectivity index (χ0) is 17.6. The summed E-state index contributed by atoms with van der Waals surface area (Å²) >= 11 is 0. The van der Waals surface area contributed by atoms with Crippen LogP contribution in [0.5, 0.6) is 0 Å². The molecule has 6 heteroatoms. The zero-order valence-corrected chi connectivity index (χ0v) is 15.5. The lowest BCUT2D eigenvalue weighted by Crippen LogP contribution is -2.39. The van der Waals surface area contributed by atoms with Crippen LogP contribution < -0.4 is 0 Å². The molecule has 0 spiro atoms. The van der Waals surface area contributed by atoms with E-state index >= 15 is 0 Å². The third-order valence-electron chi connectivity index (χ3n) is 6.23. The Bertz CT molecular complexity index is 743. The Kier molecular flexibility index (Phi) is 4.36. The van der Waals surface area contributed by atoms with Gasteiger partial charge < -0.3 is 4.90 Å². The topological polar surface area (TPSA) is 57.7 Å². The number of hydrogen-bond acceptors (Lipinski definition) is 3. The fraction of sp³-hybridized carbons (Fsp3) is 0.632. The van der Waals surface area contributed by atoms with Crippen molar-refractivity contribution in [1.82, 2.24) is 9.21 Å². The van der Waals surface area contributed by atoms with E-state index in [1.807, 2.05) is 18.2 Å². The number of likely N-dealkylation sites (tertiary alicyclic amines) is 1. The second-order valence-corrected chi connectivity index (χ2v) is 9.81. The van der Waals surface area contributed by atoms with E-state index in [9.17, 15) is 13.2 Å². The van der Waals surface area contributed by atoms with Crippen molar-refractivity contribution in [1.29, 1.82) is 0 Å². The molecular weight excluding hydrogens is 336 g/mol. The number of sulfonamides is 1. The van der Waals surface area contributed by atoms with Crippen LogP contribution in [0.15, 0.2) is 30.3 Å².